The summed E-state index contributed by atoms with van der Waals surface area (Å²) in [6.45, 7) is 0. The average Bonchev–Trinajstić information content (AvgIpc) is 2.92. The molecule has 0 amide bonds. The Balaban J connectivity index is 1.92. The highest BCUT2D eigenvalue weighted by molar-refractivity contribution is 9.10. The fourth-order valence-electron chi connectivity index (χ4n) is 1.73. The molecule has 1 N–H and O–H groups in total. The van der Waals surface area contributed by atoms with Gasteiger partial charge in [-0.05, 0) is 40.9 Å². The first-order valence-corrected chi connectivity index (χ1v) is 6.06. The van der Waals surface area contributed by atoms with Crippen molar-refractivity contribution in [3.63, 3.8) is 0 Å². The van der Waals surface area contributed by atoms with Crippen molar-refractivity contribution in [3.05, 3.63) is 22.8 Å². The number of alkyl halides is 3. The molecule has 8 heteroatoms. The summed E-state index contributed by atoms with van der Waals surface area (Å²) in [6, 6.07) is 3.43. The summed E-state index contributed by atoms with van der Waals surface area (Å²) in [5, 5.41) is 6.37. The number of fused-ring (bicyclic) bond motifs is 1. The van der Waals surface area contributed by atoms with Crippen LogP contribution < -0.4 is 5.32 Å². The van der Waals surface area contributed by atoms with Gasteiger partial charge in [0, 0.05) is 10.7 Å². The van der Waals surface area contributed by atoms with Crippen LogP contribution in [0.4, 0.5) is 19.1 Å². The van der Waals surface area contributed by atoms with Gasteiger partial charge in [0.25, 0.3) is 0 Å². The van der Waals surface area contributed by atoms with Gasteiger partial charge in [-0.1, -0.05) is 0 Å². The fourth-order valence-corrected chi connectivity index (χ4v) is 2.06. The number of anilines is 1. The maximum atomic E-state index is 12.8. The largest absolute Gasteiger partial charge is 0.411 e. The summed E-state index contributed by atoms with van der Waals surface area (Å²) in [7, 11) is 0. The van der Waals surface area contributed by atoms with E-state index in [1.807, 2.05) is 0 Å². The van der Waals surface area contributed by atoms with Crippen molar-refractivity contribution in [2.45, 2.75) is 24.6 Å². The Hall–Kier alpha value is -1.31. The fraction of sp³-hybridized carbons (Fsp3) is 0.400. The third-order valence-electron chi connectivity index (χ3n) is 2.94. The lowest BCUT2D eigenvalue weighted by atomic mass is 10.3. The van der Waals surface area contributed by atoms with Crippen LogP contribution in [-0.4, -0.2) is 26.3 Å². The highest BCUT2D eigenvalue weighted by Crippen LogP contribution is 2.50. The Labute approximate surface area is 108 Å². The molecular weight excluding hydrogens is 313 g/mol. The van der Waals surface area contributed by atoms with E-state index in [2.05, 4.69) is 31.3 Å². The average molecular weight is 321 g/mol. The molecule has 0 atom stereocenters. The summed E-state index contributed by atoms with van der Waals surface area (Å²) in [6.07, 6.45) is -2.50. The van der Waals surface area contributed by atoms with Gasteiger partial charge in [-0.25, -0.2) is 4.52 Å². The van der Waals surface area contributed by atoms with Gasteiger partial charge >= 0.3 is 6.18 Å². The molecule has 0 aliphatic heterocycles. The van der Waals surface area contributed by atoms with Gasteiger partial charge in [0.05, 0.1) is 0 Å². The predicted molar refractivity (Wildman–Crippen MR) is 62.3 cm³/mol. The second-order valence-electron chi connectivity index (χ2n) is 4.29. The molecule has 2 heterocycles. The Morgan fingerprint density at radius 2 is 2.06 bits per heavy atom. The first kappa shape index (κ1) is 11.8. The van der Waals surface area contributed by atoms with Crippen molar-refractivity contribution in [2.24, 2.45) is 0 Å². The van der Waals surface area contributed by atoms with E-state index >= 15 is 0 Å². The van der Waals surface area contributed by atoms with Gasteiger partial charge in [0.1, 0.15) is 5.54 Å². The van der Waals surface area contributed by atoms with Crippen molar-refractivity contribution in [1.82, 2.24) is 14.6 Å². The number of aromatic nitrogens is 3. The Kier molecular flexibility index (Phi) is 2.35. The minimum absolute atomic E-state index is 0.00271. The van der Waals surface area contributed by atoms with Gasteiger partial charge < -0.3 is 5.32 Å². The first-order chi connectivity index (χ1) is 8.40. The van der Waals surface area contributed by atoms with E-state index in [9.17, 15) is 13.2 Å². The molecule has 0 saturated heterocycles. The van der Waals surface area contributed by atoms with Gasteiger partial charge in [-0.2, -0.15) is 18.2 Å². The van der Waals surface area contributed by atoms with E-state index in [-0.39, 0.29) is 18.8 Å². The summed E-state index contributed by atoms with van der Waals surface area (Å²) >= 11 is 3.26. The lowest BCUT2D eigenvalue weighted by Gasteiger charge is -2.19. The van der Waals surface area contributed by atoms with Crippen molar-refractivity contribution < 1.29 is 13.2 Å². The van der Waals surface area contributed by atoms with Gasteiger partial charge in [-0.15, -0.1) is 5.10 Å². The molecule has 1 aliphatic rings. The molecule has 1 saturated carbocycles. The molecule has 0 unspecified atom stereocenters. The number of hydrogen-bond acceptors (Lipinski definition) is 3. The van der Waals surface area contributed by atoms with E-state index in [1.54, 1.807) is 18.3 Å². The molecule has 3 rings (SSSR count). The summed E-state index contributed by atoms with van der Waals surface area (Å²) in [5.74, 6) is 0.00271. The van der Waals surface area contributed by atoms with Crippen molar-refractivity contribution in [1.29, 1.82) is 0 Å². The van der Waals surface area contributed by atoms with Crippen LogP contribution in [0.3, 0.4) is 0 Å². The van der Waals surface area contributed by atoms with E-state index in [0.717, 1.165) is 4.47 Å². The van der Waals surface area contributed by atoms with E-state index in [4.69, 9.17) is 0 Å². The van der Waals surface area contributed by atoms with E-state index in [1.165, 1.54) is 4.52 Å². The third kappa shape index (κ3) is 1.84. The van der Waals surface area contributed by atoms with E-state index in [0.29, 0.717) is 5.65 Å². The maximum absolute atomic E-state index is 12.8. The van der Waals surface area contributed by atoms with Crippen LogP contribution in [0.25, 0.3) is 5.65 Å². The zero-order chi connectivity index (χ0) is 13.0. The second kappa shape index (κ2) is 3.59. The highest BCUT2D eigenvalue weighted by atomic mass is 79.9. The summed E-state index contributed by atoms with van der Waals surface area (Å²) < 4.78 is 40.5. The number of rotatable bonds is 2. The molecule has 1 aliphatic carbocycles. The standard InChI is InChI=1S/C10H8BrF3N4/c11-6-1-2-7-15-8(17-18(7)5-6)16-9(3-4-9)10(12,13)14/h1-2,5H,3-4H2,(H,16,17). The lowest BCUT2D eigenvalue weighted by Crippen LogP contribution is -2.39. The van der Waals surface area contributed by atoms with Crippen molar-refractivity contribution in [2.75, 3.05) is 5.32 Å². The van der Waals surface area contributed by atoms with Crippen LogP contribution in [0.1, 0.15) is 12.8 Å². The van der Waals surface area contributed by atoms with Gasteiger partial charge in [0.2, 0.25) is 5.95 Å². The Bertz CT molecular complexity index is 603. The Morgan fingerprint density at radius 1 is 1.33 bits per heavy atom. The van der Waals surface area contributed by atoms with Crippen LogP contribution >= 0.6 is 15.9 Å². The van der Waals surface area contributed by atoms with Crippen LogP contribution in [-0.2, 0) is 0 Å². The smallest absolute Gasteiger partial charge is 0.339 e. The Morgan fingerprint density at radius 3 is 2.67 bits per heavy atom. The molecule has 0 radical (unpaired) electrons. The number of nitrogens with one attached hydrogen (secondary N) is 1. The summed E-state index contributed by atoms with van der Waals surface area (Å²) in [5.41, 5.74) is -1.34. The molecule has 2 aromatic rings. The molecule has 18 heavy (non-hydrogen) atoms. The van der Waals surface area contributed by atoms with Crippen LogP contribution in [0.5, 0.6) is 0 Å². The zero-order valence-electron chi connectivity index (χ0n) is 9.00. The molecule has 1 fully saturated rings. The molecule has 2 aromatic heterocycles. The highest BCUT2D eigenvalue weighted by Gasteiger charge is 2.64. The van der Waals surface area contributed by atoms with Crippen LogP contribution in [0, 0.1) is 0 Å². The number of nitrogens with zero attached hydrogens (tertiary/aromatic N) is 3. The van der Waals surface area contributed by atoms with Crippen molar-refractivity contribution >= 4 is 27.5 Å². The first-order valence-electron chi connectivity index (χ1n) is 5.27. The van der Waals surface area contributed by atoms with Crippen LogP contribution in [0.2, 0.25) is 0 Å². The number of hydrogen-bond donors (Lipinski definition) is 1. The van der Waals surface area contributed by atoms with Gasteiger partial charge in [0.15, 0.2) is 5.65 Å². The quantitative estimate of drug-likeness (QED) is 0.925. The number of halogens is 4. The second-order valence-corrected chi connectivity index (χ2v) is 5.21. The third-order valence-corrected chi connectivity index (χ3v) is 3.41. The van der Waals surface area contributed by atoms with Crippen molar-refractivity contribution in [3.8, 4) is 0 Å². The maximum Gasteiger partial charge on any atom is 0.411 e. The predicted octanol–water partition coefficient (Wildman–Crippen LogP) is 3.00. The molecule has 0 aromatic carbocycles. The summed E-state index contributed by atoms with van der Waals surface area (Å²) in [4.78, 5) is 4.01. The molecule has 0 spiro atoms. The molecule has 4 nitrogen and oxygen atoms in total. The molecular formula is C10H8BrF3N4. The van der Waals surface area contributed by atoms with Crippen LogP contribution in [0.15, 0.2) is 22.8 Å². The number of pyridine rings is 1. The molecule has 0 bridgehead atoms. The lowest BCUT2D eigenvalue weighted by molar-refractivity contribution is -0.151. The minimum Gasteiger partial charge on any atom is -0.339 e. The van der Waals surface area contributed by atoms with E-state index < -0.39 is 11.7 Å². The zero-order valence-corrected chi connectivity index (χ0v) is 10.6. The normalized spacial score (nSPS) is 18.0. The SMILES string of the molecule is FC(F)(F)C1(Nc2nc3ccc(Br)cn3n2)CC1. The van der Waals surface area contributed by atoms with Gasteiger partial charge in [-0.3, -0.25) is 0 Å². The topological polar surface area (TPSA) is 42.2 Å². The molecule has 96 valence electrons. The monoisotopic (exact) mass is 320 g/mol. The minimum atomic E-state index is -4.27.